The van der Waals surface area contributed by atoms with Crippen molar-refractivity contribution in [2.75, 3.05) is 18.4 Å². The van der Waals surface area contributed by atoms with E-state index in [1.54, 1.807) is 18.2 Å². The van der Waals surface area contributed by atoms with E-state index in [4.69, 9.17) is 28.3 Å². The van der Waals surface area contributed by atoms with Gasteiger partial charge in [-0.15, -0.1) is 0 Å². The first-order valence-corrected chi connectivity index (χ1v) is 6.96. The molecule has 0 radical (unpaired) electrons. The predicted molar refractivity (Wildman–Crippen MR) is 77.4 cm³/mol. The van der Waals surface area contributed by atoms with E-state index in [0.717, 1.165) is 0 Å². The molecule has 1 heterocycles. The largest absolute Gasteiger partial charge is 0.481 e. The first-order valence-electron chi connectivity index (χ1n) is 6.20. The zero-order valence-electron chi connectivity index (χ0n) is 10.6. The van der Waals surface area contributed by atoms with Crippen LogP contribution in [0.1, 0.15) is 12.8 Å². The maximum Gasteiger partial charge on any atom is 0.321 e. The van der Waals surface area contributed by atoms with Crippen LogP contribution in [0.2, 0.25) is 10.0 Å². The van der Waals surface area contributed by atoms with E-state index >= 15 is 0 Å². The first-order chi connectivity index (χ1) is 9.45. The molecule has 1 aromatic carbocycles. The van der Waals surface area contributed by atoms with Gasteiger partial charge in [0.1, 0.15) is 0 Å². The third-order valence-corrected chi connectivity index (χ3v) is 3.61. The highest BCUT2D eigenvalue weighted by atomic mass is 35.5. The summed E-state index contributed by atoms with van der Waals surface area (Å²) in [6, 6.07) is 4.41. The molecule has 1 unspecified atom stereocenters. The number of carboxylic acids is 1. The Morgan fingerprint density at radius 1 is 1.25 bits per heavy atom. The summed E-state index contributed by atoms with van der Waals surface area (Å²) in [5.41, 5.74) is 0.491. The van der Waals surface area contributed by atoms with Crippen LogP contribution in [0.25, 0.3) is 0 Å². The Morgan fingerprint density at radius 3 is 2.50 bits per heavy atom. The summed E-state index contributed by atoms with van der Waals surface area (Å²) >= 11 is 11.7. The van der Waals surface area contributed by atoms with Crippen molar-refractivity contribution in [3.63, 3.8) is 0 Å². The van der Waals surface area contributed by atoms with Crippen molar-refractivity contribution in [3.8, 4) is 0 Å². The number of carboxylic acid groups (broad SMARTS) is 1. The van der Waals surface area contributed by atoms with Crippen LogP contribution < -0.4 is 5.32 Å². The number of benzene rings is 1. The number of carbonyl (C=O) groups is 2. The molecule has 0 spiro atoms. The Morgan fingerprint density at radius 2 is 1.90 bits per heavy atom. The van der Waals surface area contributed by atoms with Crippen molar-refractivity contribution in [1.29, 1.82) is 0 Å². The van der Waals surface area contributed by atoms with Gasteiger partial charge >= 0.3 is 12.0 Å². The Hall–Kier alpha value is -1.46. The molecule has 0 saturated carbocycles. The Bertz CT molecular complexity index is 516. The van der Waals surface area contributed by atoms with Gasteiger partial charge in [0.2, 0.25) is 0 Å². The van der Waals surface area contributed by atoms with Crippen LogP contribution in [0.4, 0.5) is 10.5 Å². The normalized spacial score (nSPS) is 18.7. The molecule has 1 saturated heterocycles. The number of piperidine rings is 1. The summed E-state index contributed by atoms with van der Waals surface area (Å²) < 4.78 is 0. The number of nitrogens with one attached hydrogen (secondary N) is 1. The highest BCUT2D eigenvalue weighted by Gasteiger charge is 2.28. The minimum Gasteiger partial charge on any atom is -0.481 e. The van der Waals surface area contributed by atoms with Crippen LogP contribution in [0.15, 0.2) is 18.2 Å². The summed E-state index contributed by atoms with van der Waals surface area (Å²) in [6.45, 7) is 0.763. The fraction of sp³-hybridized carbons (Fsp3) is 0.385. The molecule has 1 aromatic rings. The molecule has 0 aliphatic carbocycles. The molecule has 2 amide bonds. The number of rotatable bonds is 2. The summed E-state index contributed by atoms with van der Waals surface area (Å²) in [7, 11) is 0. The second-order valence-corrected chi connectivity index (χ2v) is 5.58. The van der Waals surface area contributed by atoms with Gasteiger partial charge in [-0.05, 0) is 31.0 Å². The monoisotopic (exact) mass is 316 g/mol. The van der Waals surface area contributed by atoms with Gasteiger partial charge in [0, 0.05) is 28.8 Å². The number of hydrogen-bond donors (Lipinski definition) is 2. The third-order valence-electron chi connectivity index (χ3n) is 3.17. The van der Waals surface area contributed by atoms with Crippen LogP contribution in [0.3, 0.4) is 0 Å². The van der Waals surface area contributed by atoms with E-state index in [1.807, 2.05) is 0 Å². The van der Waals surface area contributed by atoms with Gasteiger partial charge in [0.05, 0.1) is 5.92 Å². The lowest BCUT2D eigenvalue weighted by atomic mass is 9.99. The van der Waals surface area contributed by atoms with E-state index in [0.29, 0.717) is 35.1 Å². The zero-order valence-corrected chi connectivity index (χ0v) is 12.1. The average molecular weight is 317 g/mol. The maximum absolute atomic E-state index is 12.1. The number of likely N-dealkylation sites (tertiary alicyclic amines) is 1. The van der Waals surface area contributed by atoms with E-state index < -0.39 is 11.9 Å². The number of nitrogens with zero attached hydrogens (tertiary/aromatic N) is 1. The first kappa shape index (κ1) is 14.9. The van der Waals surface area contributed by atoms with Gasteiger partial charge in [-0.25, -0.2) is 4.79 Å². The Kier molecular flexibility index (Phi) is 4.73. The molecule has 1 aliphatic heterocycles. The molecular formula is C13H14Cl2N2O3. The highest BCUT2D eigenvalue weighted by molar-refractivity contribution is 6.35. The lowest BCUT2D eigenvalue weighted by Gasteiger charge is -2.30. The van der Waals surface area contributed by atoms with Crippen LogP contribution in [0, 0.1) is 5.92 Å². The van der Waals surface area contributed by atoms with Crippen LogP contribution in [0.5, 0.6) is 0 Å². The molecule has 108 valence electrons. The lowest BCUT2D eigenvalue weighted by molar-refractivity contribution is -0.143. The van der Waals surface area contributed by atoms with Crippen molar-refractivity contribution in [2.45, 2.75) is 12.8 Å². The van der Waals surface area contributed by atoms with Crippen LogP contribution in [-0.4, -0.2) is 35.1 Å². The van der Waals surface area contributed by atoms with Crippen LogP contribution >= 0.6 is 23.2 Å². The minimum atomic E-state index is -0.867. The number of hydrogen-bond acceptors (Lipinski definition) is 2. The molecule has 5 nitrogen and oxygen atoms in total. The SMILES string of the molecule is O=C(O)C1CCCN(C(=O)Nc2cc(Cl)cc(Cl)c2)C1. The van der Waals surface area contributed by atoms with E-state index in [1.165, 1.54) is 4.90 Å². The quantitative estimate of drug-likeness (QED) is 0.879. The molecule has 1 fully saturated rings. The zero-order chi connectivity index (χ0) is 14.7. The van der Waals surface area contributed by atoms with Gasteiger partial charge in [-0.2, -0.15) is 0 Å². The van der Waals surface area contributed by atoms with Gasteiger partial charge < -0.3 is 15.3 Å². The second kappa shape index (κ2) is 6.33. The lowest BCUT2D eigenvalue weighted by Crippen LogP contribution is -2.44. The van der Waals surface area contributed by atoms with Crippen molar-refractivity contribution in [3.05, 3.63) is 28.2 Å². The number of halogens is 2. The van der Waals surface area contributed by atoms with Gasteiger partial charge in [0.15, 0.2) is 0 Å². The molecule has 20 heavy (non-hydrogen) atoms. The predicted octanol–water partition coefficient (Wildman–Crippen LogP) is 3.32. The number of amides is 2. The molecule has 0 bridgehead atoms. The van der Waals surface area contributed by atoms with E-state index in [-0.39, 0.29) is 12.6 Å². The molecule has 0 aromatic heterocycles. The molecule has 2 rings (SSSR count). The van der Waals surface area contributed by atoms with E-state index in [9.17, 15) is 9.59 Å². The number of carbonyl (C=O) groups excluding carboxylic acids is 1. The highest BCUT2D eigenvalue weighted by Crippen LogP contribution is 2.23. The topological polar surface area (TPSA) is 69.6 Å². The minimum absolute atomic E-state index is 0.218. The molecule has 1 aliphatic rings. The molecule has 2 N–H and O–H groups in total. The molecule has 7 heteroatoms. The smallest absolute Gasteiger partial charge is 0.321 e. The fourth-order valence-electron chi connectivity index (χ4n) is 2.19. The third kappa shape index (κ3) is 3.77. The second-order valence-electron chi connectivity index (χ2n) is 4.71. The van der Waals surface area contributed by atoms with Gasteiger partial charge in [0.25, 0.3) is 0 Å². The maximum atomic E-state index is 12.1. The number of urea groups is 1. The fourth-order valence-corrected chi connectivity index (χ4v) is 2.72. The Balaban J connectivity index is 2.02. The standard InChI is InChI=1S/C13H14Cl2N2O3/c14-9-4-10(15)6-11(5-9)16-13(20)17-3-1-2-8(7-17)12(18)19/h4-6,8H,1-3,7H2,(H,16,20)(H,18,19). The molecular weight excluding hydrogens is 303 g/mol. The van der Waals surface area contributed by atoms with Crippen LogP contribution in [-0.2, 0) is 4.79 Å². The molecule has 1 atom stereocenters. The van der Waals surface area contributed by atoms with Crippen molar-refractivity contribution in [2.24, 2.45) is 5.92 Å². The number of aliphatic carboxylic acids is 1. The number of anilines is 1. The summed E-state index contributed by atoms with van der Waals surface area (Å²) in [6.07, 6.45) is 1.28. The van der Waals surface area contributed by atoms with Crippen molar-refractivity contribution < 1.29 is 14.7 Å². The summed E-state index contributed by atoms with van der Waals surface area (Å²) in [5.74, 6) is -1.37. The van der Waals surface area contributed by atoms with Crippen molar-refractivity contribution >= 4 is 40.9 Å². The summed E-state index contributed by atoms with van der Waals surface area (Å²) in [4.78, 5) is 24.6. The van der Waals surface area contributed by atoms with Gasteiger partial charge in [-0.3, -0.25) is 4.79 Å². The van der Waals surface area contributed by atoms with Gasteiger partial charge in [-0.1, -0.05) is 23.2 Å². The average Bonchev–Trinajstić information content (AvgIpc) is 2.37. The summed E-state index contributed by atoms with van der Waals surface area (Å²) in [5, 5.41) is 12.5. The van der Waals surface area contributed by atoms with Crippen molar-refractivity contribution in [1.82, 2.24) is 4.90 Å². The Labute approximate surface area is 126 Å². The van der Waals surface area contributed by atoms with E-state index in [2.05, 4.69) is 5.32 Å².